The molecule has 0 radical (unpaired) electrons. The molecule has 6 heteroatoms. The van der Waals surface area contributed by atoms with Gasteiger partial charge in [0.2, 0.25) is 11.8 Å². The number of carbonyl (C=O) groups is 2. The lowest BCUT2D eigenvalue weighted by Crippen LogP contribution is -2.41. The van der Waals surface area contributed by atoms with E-state index in [-0.39, 0.29) is 35.0 Å². The summed E-state index contributed by atoms with van der Waals surface area (Å²) in [6.07, 6.45) is 3.07. The van der Waals surface area contributed by atoms with E-state index in [1.165, 1.54) is 10.5 Å². The number of nitrogens with zero attached hydrogens (tertiary/aromatic N) is 1. The first-order valence-corrected chi connectivity index (χ1v) is 15.1. The van der Waals surface area contributed by atoms with E-state index in [0.717, 1.165) is 47.2 Å². The Morgan fingerprint density at radius 3 is 2.36 bits per heavy atom. The average molecular weight is 563 g/mol. The van der Waals surface area contributed by atoms with Crippen LogP contribution in [0.4, 0.5) is 5.69 Å². The van der Waals surface area contributed by atoms with Crippen LogP contribution in [0.3, 0.4) is 0 Å². The standard InChI is InChI=1S/C36H38N2O4/c1-36(2,3)22-10-16-26-27(18-22)31-32(35(40)38(34(31)39)23-11-13-24(41-4)14-12-23)33-30(26)28-19-25(15-17-29(28)37-33)42-20-21-8-6-5-7-9-21/h5-9,11-15,17,19,22,26-27,31-32,37H,10,16,18,20H2,1-4H3. The molecule has 3 aromatic carbocycles. The van der Waals surface area contributed by atoms with Crippen molar-refractivity contribution >= 4 is 28.4 Å². The number of fused-ring (bicyclic) bond motifs is 8. The van der Waals surface area contributed by atoms with Gasteiger partial charge in [-0.2, -0.15) is 0 Å². The van der Waals surface area contributed by atoms with Gasteiger partial charge in [-0.1, -0.05) is 51.1 Å². The number of nitrogens with one attached hydrogen (secondary N) is 1. The molecule has 2 heterocycles. The lowest BCUT2D eigenvalue weighted by molar-refractivity contribution is -0.123. The van der Waals surface area contributed by atoms with Crippen molar-refractivity contribution in [3.8, 4) is 11.5 Å². The van der Waals surface area contributed by atoms with Crippen LogP contribution in [-0.2, 0) is 16.2 Å². The number of hydrogen-bond acceptors (Lipinski definition) is 4. The maximum Gasteiger partial charge on any atom is 0.243 e. The minimum atomic E-state index is -0.518. The Morgan fingerprint density at radius 2 is 1.64 bits per heavy atom. The van der Waals surface area contributed by atoms with Crippen molar-refractivity contribution in [3.63, 3.8) is 0 Å². The molecule has 6 nitrogen and oxygen atoms in total. The van der Waals surface area contributed by atoms with Crippen LogP contribution in [-0.4, -0.2) is 23.9 Å². The number of H-pyrrole nitrogens is 1. The van der Waals surface area contributed by atoms with E-state index in [9.17, 15) is 9.59 Å². The molecule has 1 N–H and O–H groups in total. The molecule has 5 unspecified atom stereocenters. The highest BCUT2D eigenvalue weighted by molar-refractivity contribution is 6.24. The second kappa shape index (κ2) is 10.0. The first-order valence-electron chi connectivity index (χ1n) is 15.1. The van der Waals surface area contributed by atoms with Crippen molar-refractivity contribution in [3.05, 3.63) is 89.6 Å². The van der Waals surface area contributed by atoms with E-state index < -0.39 is 5.92 Å². The van der Waals surface area contributed by atoms with Crippen molar-refractivity contribution in [2.24, 2.45) is 23.2 Å². The molecule has 2 aliphatic carbocycles. The number of aromatic nitrogens is 1. The molecule has 5 atom stereocenters. The molecule has 2 fully saturated rings. The van der Waals surface area contributed by atoms with Crippen LogP contribution in [0.15, 0.2) is 72.8 Å². The van der Waals surface area contributed by atoms with Gasteiger partial charge in [0.1, 0.15) is 18.1 Å². The monoisotopic (exact) mass is 562 g/mol. The summed E-state index contributed by atoms with van der Waals surface area (Å²) in [4.78, 5) is 33.6. The van der Waals surface area contributed by atoms with Gasteiger partial charge in [0, 0.05) is 16.6 Å². The molecule has 0 spiro atoms. The lowest BCUT2D eigenvalue weighted by atomic mass is 9.56. The molecule has 4 aromatic rings. The predicted octanol–water partition coefficient (Wildman–Crippen LogP) is 7.59. The maximum absolute atomic E-state index is 14.3. The summed E-state index contributed by atoms with van der Waals surface area (Å²) < 4.78 is 11.5. The molecule has 2 amide bonds. The summed E-state index contributed by atoms with van der Waals surface area (Å²) in [5, 5.41) is 1.11. The van der Waals surface area contributed by atoms with Crippen molar-refractivity contribution in [2.45, 2.75) is 58.5 Å². The fourth-order valence-corrected chi connectivity index (χ4v) is 7.85. The van der Waals surface area contributed by atoms with Crippen LogP contribution >= 0.6 is 0 Å². The van der Waals surface area contributed by atoms with Crippen molar-refractivity contribution in [1.29, 1.82) is 0 Å². The fourth-order valence-electron chi connectivity index (χ4n) is 7.85. The van der Waals surface area contributed by atoms with E-state index in [0.29, 0.717) is 24.0 Å². The molecule has 1 aliphatic heterocycles. The van der Waals surface area contributed by atoms with Crippen molar-refractivity contribution < 1.29 is 19.1 Å². The zero-order valence-corrected chi connectivity index (χ0v) is 24.7. The highest BCUT2D eigenvalue weighted by Gasteiger charge is 2.59. The maximum atomic E-state index is 14.3. The van der Waals surface area contributed by atoms with Crippen LogP contribution in [0.2, 0.25) is 0 Å². The van der Waals surface area contributed by atoms with Crippen LogP contribution in [0.5, 0.6) is 11.5 Å². The normalized spacial score (nSPS) is 25.2. The molecular weight excluding hydrogens is 524 g/mol. The SMILES string of the molecule is COc1ccc(N2C(=O)C3c4[nH]c5ccc(OCc6ccccc6)cc5c4C4CCC(C(C)(C)C)CC4C3C2=O)cc1. The minimum Gasteiger partial charge on any atom is -0.497 e. The minimum absolute atomic E-state index is 0.0732. The number of anilines is 1. The van der Waals surface area contributed by atoms with E-state index in [1.54, 1.807) is 7.11 Å². The van der Waals surface area contributed by atoms with Crippen molar-refractivity contribution in [2.75, 3.05) is 12.0 Å². The molecule has 216 valence electrons. The van der Waals surface area contributed by atoms with E-state index in [1.807, 2.05) is 48.5 Å². The van der Waals surface area contributed by atoms with Crippen molar-refractivity contribution in [1.82, 2.24) is 4.98 Å². The zero-order valence-electron chi connectivity index (χ0n) is 24.7. The largest absolute Gasteiger partial charge is 0.497 e. The Labute approximate surface area is 247 Å². The topological polar surface area (TPSA) is 71.6 Å². The molecule has 1 aromatic heterocycles. The predicted molar refractivity (Wildman–Crippen MR) is 164 cm³/mol. The number of carbonyl (C=O) groups excluding carboxylic acids is 2. The fraction of sp³-hybridized carbons (Fsp3) is 0.389. The van der Waals surface area contributed by atoms with Crippen LogP contribution in [0.25, 0.3) is 10.9 Å². The van der Waals surface area contributed by atoms with Gasteiger partial charge in [-0.15, -0.1) is 0 Å². The van der Waals surface area contributed by atoms with Gasteiger partial charge in [-0.05, 0) is 96.0 Å². The van der Waals surface area contributed by atoms with Crippen LogP contribution in [0.1, 0.15) is 68.7 Å². The third-order valence-corrected chi connectivity index (χ3v) is 10.0. The summed E-state index contributed by atoms with van der Waals surface area (Å²) in [5.74, 6) is 1.21. The van der Waals surface area contributed by atoms with Crippen LogP contribution < -0.4 is 14.4 Å². The Morgan fingerprint density at radius 1 is 0.905 bits per heavy atom. The summed E-state index contributed by atoms with van der Waals surface area (Å²) >= 11 is 0. The average Bonchev–Trinajstić information content (AvgIpc) is 3.50. The Kier molecular flexibility index (Phi) is 6.41. The van der Waals surface area contributed by atoms with Gasteiger partial charge in [0.25, 0.3) is 0 Å². The van der Waals surface area contributed by atoms with Gasteiger partial charge in [-0.25, -0.2) is 4.90 Å². The molecular formula is C36H38N2O4. The van der Waals surface area contributed by atoms with Crippen LogP contribution in [0, 0.1) is 23.2 Å². The van der Waals surface area contributed by atoms with E-state index >= 15 is 0 Å². The smallest absolute Gasteiger partial charge is 0.243 e. The first-order chi connectivity index (χ1) is 20.2. The van der Waals surface area contributed by atoms with Gasteiger partial charge >= 0.3 is 0 Å². The quantitative estimate of drug-likeness (QED) is 0.255. The summed E-state index contributed by atoms with van der Waals surface area (Å²) in [6.45, 7) is 7.40. The first kappa shape index (κ1) is 26.8. The molecule has 7 rings (SSSR count). The molecule has 42 heavy (non-hydrogen) atoms. The number of methoxy groups -OCH3 is 1. The number of hydrogen-bond donors (Lipinski definition) is 1. The third-order valence-electron chi connectivity index (χ3n) is 10.0. The second-order valence-corrected chi connectivity index (χ2v) is 13.3. The van der Waals surface area contributed by atoms with Gasteiger partial charge < -0.3 is 14.5 Å². The Bertz CT molecular complexity index is 1650. The molecule has 1 saturated carbocycles. The van der Waals surface area contributed by atoms with E-state index in [2.05, 4.69) is 50.0 Å². The van der Waals surface area contributed by atoms with E-state index in [4.69, 9.17) is 9.47 Å². The van der Waals surface area contributed by atoms with Gasteiger partial charge in [0.15, 0.2) is 0 Å². The summed E-state index contributed by atoms with van der Waals surface area (Å²) in [7, 11) is 1.61. The Balaban J connectivity index is 1.32. The summed E-state index contributed by atoms with van der Waals surface area (Å²) in [5.41, 5.74) is 4.99. The number of ether oxygens (including phenoxy) is 2. The molecule has 3 aliphatic rings. The second-order valence-electron chi connectivity index (χ2n) is 13.3. The van der Waals surface area contributed by atoms with Gasteiger partial charge in [-0.3, -0.25) is 9.59 Å². The number of rotatable bonds is 5. The third kappa shape index (κ3) is 4.31. The lowest BCUT2D eigenvalue weighted by Gasteiger charge is -2.47. The van der Waals surface area contributed by atoms with Gasteiger partial charge in [0.05, 0.1) is 24.6 Å². The summed E-state index contributed by atoms with van der Waals surface area (Å²) in [6, 6.07) is 23.6. The zero-order chi connectivity index (χ0) is 29.2. The molecule has 0 bridgehead atoms. The number of benzene rings is 3. The number of imide groups is 1. The Hall–Kier alpha value is -4.06. The number of aromatic amines is 1. The highest BCUT2D eigenvalue weighted by Crippen LogP contribution is 2.60. The number of amides is 2. The highest BCUT2D eigenvalue weighted by atomic mass is 16.5. The molecule has 1 saturated heterocycles.